The number of nitrogens with zero attached hydrogens (tertiary/aromatic N) is 2. The van der Waals surface area contributed by atoms with E-state index in [-0.39, 0.29) is 23.3 Å². The number of amides is 1. The molecule has 1 aromatic carbocycles. The first kappa shape index (κ1) is 18.1. The summed E-state index contributed by atoms with van der Waals surface area (Å²) >= 11 is 0. The number of aromatic amines is 1. The minimum Gasteiger partial charge on any atom is -0.493 e. The zero-order valence-electron chi connectivity index (χ0n) is 15.6. The van der Waals surface area contributed by atoms with Gasteiger partial charge in [0, 0.05) is 30.6 Å². The Bertz CT molecular complexity index is 1020. The van der Waals surface area contributed by atoms with E-state index < -0.39 is 0 Å². The van der Waals surface area contributed by atoms with Gasteiger partial charge in [0.25, 0.3) is 11.5 Å². The number of ether oxygens (including phenoxy) is 1. The highest BCUT2D eigenvalue weighted by Gasteiger charge is 2.25. The molecule has 1 atom stereocenters. The number of carbonyl (C=O) groups is 1. The summed E-state index contributed by atoms with van der Waals surface area (Å²) in [6.07, 6.45) is 3.08. The van der Waals surface area contributed by atoms with E-state index >= 15 is 0 Å². The molecule has 3 heterocycles. The van der Waals surface area contributed by atoms with Crippen molar-refractivity contribution >= 4 is 22.7 Å². The number of nitrogens with one attached hydrogen (secondary N) is 2. The Kier molecular flexibility index (Phi) is 5.01. The van der Waals surface area contributed by atoms with Crippen molar-refractivity contribution in [1.29, 1.82) is 0 Å². The minimum atomic E-state index is -0.266. The highest BCUT2D eigenvalue weighted by atomic mass is 16.5. The fourth-order valence-corrected chi connectivity index (χ4v) is 3.62. The van der Waals surface area contributed by atoms with E-state index in [1.807, 2.05) is 12.1 Å². The Morgan fingerprint density at radius 2 is 2.25 bits per heavy atom. The third kappa shape index (κ3) is 3.58. The molecule has 0 bridgehead atoms. The topological polar surface area (TPSA) is 100 Å². The van der Waals surface area contributed by atoms with Crippen LogP contribution >= 0.6 is 0 Å². The molecule has 0 radical (unpaired) electrons. The van der Waals surface area contributed by atoms with Crippen LogP contribution in [0.2, 0.25) is 0 Å². The van der Waals surface area contributed by atoms with Gasteiger partial charge in [-0.3, -0.25) is 9.59 Å². The molecule has 1 unspecified atom stereocenters. The van der Waals surface area contributed by atoms with Crippen LogP contribution in [-0.4, -0.2) is 42.3 Å². The van der Waals surface area contributed by atoms with Gasteiger partial charge >= 0.3 is 0 Å². The maximum atomic E-state index is 12.6. The molecule has 2 N–H and O–H groups in total. The summed E-state index contributed by atoms with van der Waals surface area (Å²) in [4.78, 5) is 26.0. The summed E-state index contributed by atoms with van der Waals surface area (Å²) in [6.45, 7) is 1.30. The molecular weight excluding hydrogens is 360 g/mol. The normalized spacial score (nSPS) is 16.9. The molecule has 0 aliphatic carbocycles. The smallest absolute Gasteiger partial charge is 0.287 e. The van der Waals surface area contributed by atoms with Gasteiger partial charge in [-0.15, -0.1) is 0 Å². The van der Waals surface area contributed by atoms with Crippen LogP contribution in [0.5, 0.6) is 5.75 Å². The highest BCUT2D eigenvalue weighted by Crippen LogP contribution is 2.28. The van der Waals surface area contributed by atoms with Gasteiger partial charge in [0.2, 0.25) is 0 Å². The number of carbonyl (C=O) groups excluding carboxylic acids is 1. The molecule has 2 aromatic heterocycles. The van der Waals surface area contributed by atoms with E-state index in [0.29, 0.717) is 23.7 Å². The van der Waals surface area contributed by atoms with E-state index in [2.05, 4.69) is 20.4 Å². The maximum absolute atomic E-state index is 12.6. The number of aromatic nitrogens is 2. The molecule has 0 spiro atoms. The van der Waals surface area contributed by atoms with Crippen LogP contribution in [0.15, 0.2) is 45.6 Å². The minimum absolute atomic E-state index is 0.106. The Morgan fingerprint density at radius 3 is 3.04 bits per heavy atom. The summed E-state index contributed by atoms with van der Waals surface area (Å²) in [5.74, 6) is 1.30. The molecule has 1 saturated heterocycles. The first-order valence-corrected chi connectivity index (χ1v) is 9.33. The average molecular weight is 382 g/mol. The van der Waals surface area contributed by atoms with Crippen LogP contribution in [0.1, 0.15) is 29.8 Å². The summed E-state index contributed by atoms with van der Waals surface area (Å²) < 4.78 is 11.0. The van der Waals surface area contributed by atoms with Crippen LogP contribution in [0.25, 0.3) is 11.0 Å². The molecule has 28 heavy (non-hydrogen) atoms. The Labute approximate surface area is 161 Å². The van der Waals surface area contributed by atoms with Gasteiger partial charge in [0.15, 0.2) is 17.1 Å². The fraction of sp³-hybridized carbons (Fsp3) is 0.350. The highest BCUT2D eigenvalue weighted by molar-refractivity contribution is 5.97. The van der Waals surface area contributed by atoms with E-state index in [1.165, 1.54) is 6.07 Å². The number of hydrogen-bond donors (Lipinski definition) is 2. The SMILES string of the molecule is COc1cccc2cc(C(=O)NCC3CCCCN3c3ccc(=O)[nH]n3)oc12. The van der Waals surface area contributed by atoms with Gasteiger partial charge in [-0.25, -0.2) is 5.10 Å². The molecule has 4 rings (SSSR count). The number of H-pyrrole nitrogens is 1. The van der Waals surface area contributed by atoms with Gasteiger partial charge in [-0.1, -0.05) is 12.1 Å². The molecule has 0 saturated carbocycles. The summed E-state index contributed by atoms with van der Waals surface area (Å²) in [6, 6.07) is 10.5. The molecule has 1 aliphatic heterocycles. The lowest BCUT2D eigenvalue weighted by Crippen LogP contribution is -2.47. The van der Waals surface area contributed by atoms with Crippen molar-refractivity contribution < 1.29 is 13.9 Å². The second-order valence-electron chi connectivity index (χ2n) is 6.82. The molecule has 146 valence electrons. The lowest BCUT2D eigenvalue weighted by molar-refractivity contribution is 0.0924. The van der Waals surface area contributed by atoms with E-state index in [9.17, 15) is 9.59 Å². The standard InChI is InChI=1S/C20H22N4O4/c1-27-15-7-4-5-13-11-16(28-19(13)15)20(26)21-12-14-6-2-3-10-24(14)17-8-9-18(25)23-22-17/h4-5,7-9,11,14H,2-3,6,10,12H2,1H3,(H,21,26)(H,23,25). The number of methoxy groups -OCH3 is 1. The van der Waals surface area contributed by atoms with Gasteiger partial charge in [0.1, 0.15) is 5.82 Å². The average Bonchev–Trinajstić information content (AvgIpc) is 3.17. The quantitative estimate of drug-likeness (QED) is 0.702. The lowest BCUT2D eigenvalue weighted by Gasteiger charge is -2.36. The Balaban J connectivity index is 1.47. The van der Waals surface area contributed by atoms with Gasteiger partial charge in [0.05, 0.1) is 7.11 Å². The van der Waals surface area contributed by atoms with Gasteiger partial charge < -0.3 is 19.4 Å². The van der Waals surface area contributed by atoms with Crippen LogP contribution in [0, 0.1) is 0 Å². The molecule has 8 nitrogen and oxygen atoms in total. The van der Waals surface area contributed by atoms with Crippen LogP contribution in [0.4, 0.5) is 5.82 Å². The summed E-state index contributed by atoms with van der Waals surface area (Å²) in [5, 5.41) is 10.4. The van der Waals surface area contributed by atoms with Crippen molar-refractivity contribution in [3.63, 3.8) is 0 Å². The van der Waals surface area contributed by atoms with Crippen molar-refractivity contribution in [3.8, 4) is 5.75 Å². The maximum Gasteiger partial charge on any atom is 0.287 e. The zero-order valence-corrected chi connectivity index (χ0v) is 15.6. The molecular formula is C20H22N4O4. The second-order valence-corrected chi connectivity index (χ2v) is 6.82. The number of furan rings is 1. The van der Waals surface area contributed by atoms with E-state index in [4.69, 9.17) is 9.15 Å². The lowest BCUT2D eigenvalue weighted by atomic mass is 10.0. The van der Waals surface area contributed by atoms with Gasteiger partial charge in [-0.05, 0) is 37.5 Å². The van der Waals surface area contributed by atoms with Crippen molar-refractivity contribution in [3.05, 3.63) is 52.5 Å². The summed E-state index contributed by atoms with van der Waals surface area (Å²) in [5.41, 5.74) is 0.331. The molecule has 1 aliphatic rings. The van der Waals surface area contributed by atoms with Crippen molar-refractivity contribution in [2.24, 2.45) is 0 Å². The molecule has 1 amide bonds. The number of fused-ring (bicyclic) bond motifs is 1. The number of piperidine rings is 1. The number of benzene rings is 1. The third-order valence-corrected chi connectivity index (χ3v) is 5.04. The van der Waals surface area contributed by atoms with Crippen LogP contribution < -0.4 is 20.5 Å². The molecule has 3 aromatic rings. The van der Waals surface area contributed by atoms with Crippen molar-refractivity contribution in [1.82, 2.24) is 15.5 Å². The van der Waals surface area contributed by atoms with Crippen LogP contribution in [0.3, 0.4) is 0 Å². The van der Waals surface area contributed by atoms with Gasteiger partial charge in [-0.2, -0.15) is 5.10 Å². The molecule has 1 fully saturated rings. The largest absolute Gasteiger partial charge is 0.493 e. The number of rotatable bonds is 5. The third-order valence-electron chi connectivity index (χ3n) is 5.04. The van der Waals surface area contributed by atoms with Crippen LogP contribution in [-0.2, 0) is 0 Å². The number of anilines is 1. The second kappa shape index (κ2) is 7.75. The predicted octanol–water partition coefficient (Wildman–Crippen LogP) is 2.31. The molecule has 8 heteroatoms. The van der Waals surface area contributed by atoms with Crippen molar-refractivity contribution in [2.45, 2.75) is 25.3 Å². The van der Waals surface area contributed by atoms with Crippen molar-refractivity contribution in [2.75, 3.05) is 25.1 Å². The fourth-order valence-electron chi connectivity index (χ4n) is 3.62. The zero-order chi connectivity index (χ0) is 19.5. The Morgan fingerprint density at radius 1 is 1.36 bits per heavy atom. The summed E-state index contributed by atoms with van der Waals surface area (Å²) in [7, 11) is 1.57. The number of hydrogen-bond acceptors (Lipinski definition) is 6. The first-order chi connectivity index (χ1) is 13.7. The van der Waals surface area contributed by atoms with E-state index in [0.717, 1.165) is 31.2 Å². The monoisotopic (exact) mass is 382 g/mol. The van der Waals surface area contributed by atoms with E-state index in [1.54, 1.807) is 25.3 Å². The number of para-hydroxylation sites is 1. The predicted molar refractivity (Wildman–Crippen MR) is 105 cm³/mol. The first-order valence-electron chi connectivity index (χ1n) is 9.33. The Hall–Kier alpha value is -3.29.